The number of hydrogen-bond donors (Lipinski definition) is 1. The van der Waals surface area contributed by atoms with Gasteiger partial charge in [-0.05, 0) is 19.7 Å². The molecule has 0 aliphatic carbocycles. The first-order valence-electron chi connectivity index (χ1n) is 4.71. The molecule has 1 unspecified atom stereocenters. The molecule has 0 spiro atoms. The zero-order chi connectivity index (χ0) is 11.3. The monoisotopic (exact) mass is 208 g/mol. The van der Waals surface area contributed by atoms with Gasteiger partial charge < -0.3 is 0 Å². The molecule has 0 aliphatic rings. The molecule has 0 saturated heterocycles. The molecular weight excluding hydrogens is 192 g/mol. The summed E-state index contributed by atoms with van der Waals surface area (Å²) in [6, 6.07) is 9.24. The lowest BCUT2D eigenvalue weighted by molar-refractivity contribution is -0.136. The summed E-state index contributed by atoms with van der Waals surface area (Å²) < 4.78 is 0. The van der Waals surface area contributed by atoms with Crippen LogP contribution in [0.2, 0.25) is 0 Å². The van der Waals surface area contributed by atoms with Crippen LogP contribution in [0.25, 0.3) is 0 Å². The molecule has 1 aromatic carbocycles. The number of hydrogen-bond acceptors (Lipinski definition) is 3. The lowest BCUT2D eigenvalue weighted by Gasteiger charge is -2.22. The first-order valence-corrected chi connectivity index (χ1v) is 4.71. The fourth-order valence-corrected chi connectivity index (χ4v) is 1.48. The number of hydroxylamine groups is 1. The van der Waals surface area contributed by atoms with Gasteiger partial charge in [-0.25, -0.2) is 5.48 Å². The molecule has 0 radical (unpaired) electrons. The van der Waals surface area contributed by atoms with Crippen LogP contribution in [0.4, 0.5) is 0 Å². The molecule has 1 aromatic rings. The topological polar surface area (TPSA) is 41.6 Å². The summed E-state index contributed by atoms with van der Waals surface area (Å²) in [6.45, 7) is 0. The Labute approximate surface area is 89.8 Å². The molecule has 1 amide bonds. The minimum atomic E-state index is -0.328. The Morgan fingerprint density at radius 3 is 2.40 bits per heavy atom. The highest BCUT2D eigenvalue weighted by Crippen LogP contribution is 2.17. The van der Waals surface area contributed by atoms with Gasteiger partial charge in [-0.2, -0.15) is 0 Å². The van der Waals surface area contributed by atoms with E-state index in [2.05, 4.69) is 10.3 Å². The Morgan fingerprint density at radius 2 is 1.93 bits per heavy atom. The van der Waals surface area contributed by atoms with Crippen molar-refractivity contribution in [2.24, 2.45) is 0 Å². The van der Waals surface area contributed by atoms with Crippen LogP contribution in [-0.4, -0.2) is 32.0 Å². The standard InChI is InChI=1S/C11H16N2O2/c1-13(2)10(11(14)12-15-3)9-7-5-4-6-8-9/h4-8,10H,1-3H3,(H,12,14). The molecule has 0 bridgehead atoms. The van der Waals surface area contributed by atoms with E-state index in [1.54, 1.807) is 0 Å². The lowest BCUT2D eigenvalue weighted by atomic mass is 10.1. The average Bonchev–Trinajstić information content (AvgIpc) is 2.19. The summed E-state index contributed by atoms with van der Waals surface area (Å²) in [4.78, 5) is 18.2. The van der Waals surface area contributed by atoms with E-state index in [0.29, 0.717) is 0 Å². The number of amides is 1. The number of rotatable bonds is 4. The predicted octanol–water partition coefficient (Wildman–Crippen LogP) is 0.967. The van der Waals surface area contributed by atoms with E-state index in [1.165, 1.54) is 7.11 Å². The molecule has 4 heteroatoms. The Morgan fingerprint density at radius 1 is 1.33 bits per heavy atom. The number of likely N-dealkylation sites (N-methyl/N-ethyl adjacent to an activating group) is 1. The van der Waals surface area contributed by atoms with Crippen molar-refractivity contribution in [1.29, 1.82) is 0 Å². The minimum Gasteiger partial charge on any atom is -0.294 e. The highest BCUT2D eigenvalue weighted by molar-refractivity contribution is 5.82. The van der Waals surface area contributed by atoms with Crippen LogP contribution in [0.3, 0.4) is 0 Å². The predicted molar refractivity (Wildman–Crippen MR) is 58.0 cm³/mol. The third kappa shape index (κ3) is 3.04. The quantitative estimate of drug-likeness (QED) is 0.749. The smallest absolute Gasteiger partial charge is 0.265 e. The van der Waals surface area contributed by atoms with E-state index in [0.717, 1.165) is 5.56 Å². The fourth-order valence-electron chi connectivity index (χ4n) is 1.48. The van der Waals surface area contributed by atoms with Gasteiger partial charge in [0.25, 0.3) is 5.91 Å². The number of carbonyl (C=O) groups excluding carboxylic acids is 1. The first-order chi connectivity index (χ1) is 7.16. The van der Waals surface area contributed by atoms with Crippen molar-refractivity contribution in [2.45, 2.75) is 6.04 Å². The molecule has 0 fully saturated rings. The first kappa shape index (κ1) is 11.7. The van der Waals surface area contributed by atoms with Gasteiger partial charge >= 0.3 is 0 Å². The van der Waals surface area contributed by atoms with E-state index in [1.807, 2.05) is 49.3 Å². The SMILES string of the molecule is CONC(=O)C(c1ccccc1)N(C)C. The third-order valence-electron chi connectivity index (χ3n) is 2.08. The fraction of sp³-hybridized carbons (Fsp3) is 0.364. The number of nitrogens with zero attached hydrogens (tertiary/aromatic N) is 1. The Kier molecular flexibility index (Phi) is 4.27. The van der Waals surface area contributed by atoms with E-state index in [4.69, 9.17) is 0 Å². The maximum Gasteiger partial charge on any atom is 0.265 e. The van der Waals surface area contributed by atoms with Crippen LogP contribution in [0.15, 0.2) is 30.3 Å². The van der Waals surface area contributed by atoms with Gasteiger partial charge in [0, 0.05) is 0 Å². The zero-order valence-corrected chi connectivity index (χ0v) is 9.23. The van der Waals surface area contributed by atoms with Crippen molar-refractivity contribution in [3.05, 3.63) is 35.9 Å². The van der Waals surface area contributed by atoms with Crippen LogP contribution >= 0.6 is 0 Å². The molecule has 0 aromatic heterocycles. The van der Waals surface area contributed by atoms with Gasteiger partial charge in [0.1, 0.15) is 6.04 Å². The summed E-state index contributed by atoms with van der Waals surface area (Å²) in [5.41, 5.74) is 3.29. The lowest BCUT2D eigenvalue weighted by Crippen LogP contribution is -2.36. The van der Waals surface area contributed by atoms with Crippen molar-refractivity contribution in [3.8, 4) is 0 Å². The van der Waals surface area contributed by atoms with E-state index >= 15 is 0 Å². The largest absolute Gasteiger partial charge is 0.294 e. The van der Waals surface area contributed by atoms with Gasteiger partial charge in [0.05, 0.1) is 7.11 Å². The highest BCUT2D eigenvalue weighted by atomic mass is 16.6. The Bertz CT molecular complexity index is 312. The van der Waals surface area contributed by atoms with Crippen molar-refractivity contribution in [3.63, 3.8) is 0 Å². The third-order valence-corrected chi connectivity index (χ3v) is 2.08. The molecular formula is C11H16N2O2. The van der Waals surface area contributed by atoms with Crippen molar-refractivity contribution >= 4 is 5.91 Å². The maximum absolute atomic E-state index is 11.7. The number of carbonyl (C=O) groups is 1. The van der Waals surface area contributed by atoms with E-state index < -0.39 is 0 Å². The number of nitrogens with one attached hydrogen (secondary N) is 1. The molecule has 15 heavy (non-hydrogen) atoms. The van der Waals surface area contributed by atoms with Crippen LogP contribution in [0.1, 0.15) is 11.6 Å². The maximum atomic E-state index is 11.7. The highest BCUT2D eigenvalue weighted by Gasteiger charge is 2.22. The van der Waals surface area contributed by atoms with Crippen LogP contribution < -0.4 is 5.48 Å². The average molecular weight is 208 g/mol. The van der Waals surface area contributed by atoms with E-state index in [-0.39, 0.29) is 11.9 Å². The number of benzene rings is 1. The molecule has 1 N–H and O–H groups in total. The Balaban J connectivity index is 2.88. The second-order valence-corrected chi connectivity index (χ2v) is 3.45. The Hall–Kier alpha value is -1.39. The minimum absolute atomic E-state index is 0.172. The van der Waals surface area contributed by atoms with Crippen molar-refractivity contribution in [1.82, 2.24) is 10.4 Å². The second kappa shape index (κ2) is 5.48. The van der Waals surface area contributed by atoms with Gasteiger partial charge in [-0.15, -0.1) is 0 Å². The molecule has 0 heterocycles. The van der Waals surface area contributed by atoms with Gasteiger partial charge in [-0.3, -0.25) is 14.5 Å². The van der Waals surface area contributed by atoms with Gasteiger partial charge in [-0.1, -0.05) is 30.3 Å². The molecule has 4 nitrogen and oxygen atoms in total. The molecule has 1 rings (SSSR count). The summed E-state index contributed by atoms with van der Waals surface area (Å²) in [5.74, 6) is -0.172. The van der Waals surface area contributed by atoms with E-state index in [9.17, 15) is 4.79 Å². The summed E-state index contributed by atoms with van der Waals surface area (Å²) in [5, 5.41) is 0. The normalized spacial score (nSPS) is 12.5. The van der Waals surface area contributed by atoms with Gasteiger partial charge in [0.15, 0.2) is 0 Å². The van der Waals surface area contributed by atoms with Crippen LogP contribution in [-0.2, 0) is 9.63 Å². The molecule has 1 atom stereocenters. The van der Waals surface area contributed by atoms with Crippen LogP contribution in [0.5, 0.6) is 0 Å². The second-order valence-electron chi connectivity index (χ2n) is 3.45. The summed E-state index contributed by atoms with van der Waals surface area (Å²) in [7, 11) is 5.13. The van der Waals surface area contributed by atoms with Crippen molar-refractivity contribution < 1.29 is 9.63 Å². The summed E-state index contributed by atoms with van der Waals surface area (Å²) >= 11 is 0. The van der Waals surface area contributed by atoms with Crippen molar-refractivity contribution in [2.75, 3.05) is 21.2 Å². The molecule has 0 saturated carbocycles. The molecule has 82 valence electrons. The summed E-state index contributed by atoms with van der Waals surface area (Å²) in [6.07, 6.45) is 0. The molecule has 0 aliphatic heterocycles. The zero-order valence-electron chi connectivity index (χ0n) is 9.23. The van der Waals surface area contributed by atoms with Gasteiger partial charge in [0.2, 0.25) is 0 Å². The van der Waals surface area contributed by atoms with Crippen LogP contribution in [0, 0.1) is 0 Å².